The second-order valence-electron chi connectivity index (χ2n) is 3.99. The van der Waals surface area contributed by atoms with Gasteiger partial charge in [0.2, 0.25) is 10.0 Å². The van der Waals surface area contributed by atoms with Crippen LogP contribution in [0.2, 0.25) is 0 Å². The molecule has 0 unspecified atom stereocenters. The lowest BCUT2D eigenvalue weighted by Crippen LogP contribution is -2.26. The van der Waals surface area contributed by atoms with Gasteiger partial charge in [0, 0.05) is 13.1 Å². The molecule has 0 saturated carbocycles. The Kier molecular flexibility index (Phi) is 6.26. The Bertz CT molecular complexity index is 545. The summed E-state index contributed by atoms with van der Waals surface area (Å²) in [6.07, 6.45) is -0.154. The molecule has 0 radical (unpaired) electrons. The molecule has 20 heavy (non-hydrogen) atoms. The minimum Gasteiger partial charge on any atom is -0.448 e. The number of rotatable bonds is 8. The van der Waals surface area contributed by atoms with Crippen LogP contribution in [0.5, 0.6) is 0 Å². The van der Waals surface area contributed by atoms with E-state index >= 15 is 0 Å². The number of benzene rings is 1. The highest BCUT2D eigenvalue weighted by Crippen LogP contribution is 2.20. The quantitative estimate of drug-likeness (QED) is 0.617. The summed E-state index contributed by atoms with van der Waals surface area (Å²) in [5.74, 6) is 0. The highest BCUT2D eigenvalue weighted by Gasteiger charge is 2.17. The number of carbonyl (C=O) groups is 1. The van der Waals surface area contributed by atoms with Crippen molar-refractivity contribution in [2.75, 3.05) is 25.0 Å². The van der Waals surface area contributed by atoms with Crippen LogP contribution in [0.4, 0.5) is 10.5 Å². The van der Waals surface area contributed by atoms with Crippen LogP contribution in [0.1, 0.15) is 13.3 Å². The van der Waals surface area contributed by atoms with E-state index in [1.54, 1.807) is 18.2 Å². The van der Waals surface area contributed by atoms with Gasteiger partial charge in [-0.1, -0.05) is 19.1 Å². The van der Waals surface area contributed by atoms with Gasteiger partial charge >= 0.3 is 6.09 Å². The van der Waals surface area contributed by atoms with Crippen molar-refractivity contribution in [1.82, 2.24) is 4.72 Å². The second kappa shape index (κ2) is 7.71. The summed E-state index contributed by atoms with van der Waals surface area (Å²) in [7, 11) is -3.55. The molecule has 0 bridgehead atoms. The molecule has 0 aliphatic heterocycles. The van der Waals surface area contributed by atoms with E-state index in [2.05, 4.69) is 14.8 Å². The van der Waals surface area contributed by atoms with Crippen LogP contribution in [0.15, 0.2) is 29.2 Å². The van der Waals surface area contributed by atoms with Gasteiger partial charge in [-0.05, 0) is 18.6 Å². The summed E-state index contributed by atoms with van der Waals surface area (Å²) >= 11 is 0. The molecule has 0 heterocycles. The normalized spacial score (nSPS) is 11.1. The summed E-state index contributed by atoms with van der Waals surface area (Å²) in [4.78, 5) is 10.6. The summed E-state index contributed by atoms with van der Waals surface area (Å²) in [6.45, 7) is 2.59. The van der Waals surface area contributed by atoms with Crippen molar-refractivity contribution >= 4 is 21.8 Å². The van der Waals surface area contributed by atoms with Gasteiger partial charge in [0.05, 0.1) is 5.69 Å². The number of nitrogens with one attached hydrogen (secondary N) is 2. The third kappa shape index (κ3) is 5.06. The van der Waals surface area contributed by atoms with Gasteiger partial charge in [0.1, 0.15) is 11.5 Å². The predicted octanol–water partition coefficient (Wildman–Crippen LogP) is 0.882. The molecule has 112 valence electrons. The first-order valence-corrected chi connectivity index (χ1v) is 7.70. The average molecular weight is 301 g/mol. The predicted molar refractivity (Wildman–Crippen MR) is 75.9 cm³/mol. The topological polar surface area (TPSA) is 111 Å². The van der Waals surface area contributed by atoms with Gasteiger partial charge < -0.3 is 15.8 Å². The Morgan fingerprint density at radius 1 is 1.30 bits per heavy atom. The largest absolute Gasteiger partial charge is 0.448 e. The van der Waals surface area contributed by atoms with Crippen molar-refractivity contribution in [2.24, 2.45) is 5.73 Å². The molecule has 1 rings (SSSR count). The van der Waals surface area contributed by atoms with Gasteiger partial charge in [-0.25, -0.2) is 17.9 Å². The Labute approximate surface area is 118 Å². The molecule has 8 heteroatoms. The summed E-state index contributed by atoms with van der Waals surface area (Å²) in [6, 6.07) is 6.52. The number of amides is 1. The molecule has 0 atom stereocenters. The van der Waals surface area contributed by atoms with Crippen molar-refractivity contribution < 1.29 is 17.9 Å². The molecule has 0 aromatic heterocycles. The van der Waals surface area contributed by atoms with Crippen molar-refractivity contribution in [2.45, 2.75) is 18.2 Å². The lowest BCUT2D eigenvalue weighted by atomic mass is 10.3. The van der Waals surface area contributed by atoms with Gasteiger partial charge in [0.25, 0.3) is 0 Å². The van der Waals surface area contributed by atoms with Crippen LogP contribution in [-0.2, 0) is 14.8 Å². The SMILES string of the molecule is CCCNS(=O)(=O)c1ccccc1NCCOC(N)=O. The van der Waals surface area contributed by atoms with E-state index in [9.17, 15) is 13.2 Å². The number of sulfonamides is 1. The molecular formula is C12H19N3O4S. The number of para-hydroxylation sites is 1. The Balaban J connectivity index is 2.75. The molecule has 1 aromatic rings. The molecule has 7 nitrogen and oxygen atoms in total. The molecule has 0 aliphatic carbocycles. The molecule has 4 N–H and O–H groups in total. The van der Waals surface area contributed by atoms with Crippen LogP contribution in [-0.4, -0.2) is 34.2 Å². The number of primary amides is 1. The lowest BCUT2D eigenvalue weighted by molar-refractivity contribution is 0.161. The summed E-state index contributed by atoms with van der Waals surface area (Å²) < 4.78 is 31.3. The Morgan fingerprint density at radius 3 is 2.65 bits per heavy atom. The fourth-order valence-corrected chi connectivity index (χ4v) is 2.81. The van der Waals surface area contributed by atoms with Gasteiger partial charge in [0.15, 0.2) is 0 Å². The number of ether oxygens (including phenoxy) is 1. The number of carbonyl (C=O) groups excluding carboxylic acids is 1. The maximum Gasteiger partial charge on any atom is 0.404 e. The zero-order chi connectivity index (χ0) is 15.0. The highest BCUT2D eigenvalue weighted by atomic mass is 32.2. The van der Waals surface area contributed by atoms with Gasteiger partial charge in [-0.2, -0.15) is 0 Å². The fourth-order valence-electron chi connectivity index (χ4n) is 1.50. The molecule has 0 fully saturated rings. The second-order valence-corrected chi connectivity index (χ2v) is 5.72. The van der Waals surface area contributed by atoms with Crippen LogP contribution < -0.4 is 15.8 Å². The maximum atomic E-state index is 12.1. The zero-order valence-electron chi connectivity index (χ0n) is 11.3. The average Bonchev–Trinajstić information content (AvgIpc) is 2.41. The maximum absolute atomic E-state index is 12.1. The highest BCUT2D eigenvalue weighted by molar-refractivity contribution is 7.89. The smallest absolute Gasteiger partial charge is 0.404 e. The van der Waals surface area contributed by atoms with Crippen LogP contribution >= 0.6 is 0 Å². The van der Waals surface area contributed by atoms with E-state index in [0.29, 0.717) is 18.7 Å². The van der Waals surface area contributed by atoms with Crippen LogP contribution in [0, 0.1) is 0 Å². The van der Waals surface area contributed by atoms with Crippen LogP contribution in [0.3, 0.4) is 0 Å². The monoisotopic (exact) mass is 301 g/mol. The molecule has 0 saturated heterocycles. The summed E-state index contributed by atoms with van der Waals surface area (Å²) in [5.41, 5.74) is 5.28. The van der Waals surface area contributed by atoms with E-state index < -0.39 is 16.1 Å². The minimum absolute atomic E-state index is 0.0616. The van der Waals surface area contributed by atoms with E-state index in [1.165, 1.54) is 6.07 Å². The first-order valence-electron chi connectivity index (χ1n) is 6.22. The van der Waals surface area contributed by atoms with E-state index in [4.69, 9.17) is 5.73 Å². The van der Waals surface area contributed by atoms with E-state index in [-0.39, 0.29) is 18.0 Å². The molecular weight excluding hydrogens is 282 g/mol. The van der Waals surface area contributed by atoms with Crippen molar-refractivity contribution in [3.05, 3.63) is 24.3 Å². The fraction of sp³-hybridized carbons (Fsp3) is 0.417. The molecule has 1 amide bonds. The first kappa shape index (κ1) is 16.3. The third-order valence-corrected chi connectivity index (χ3v) is 3.90. The van der Waals surface area contributed by atoms with Gasteiger partial charge in [-0.15, -0.1) is 0 Å². The van der Waals surface area contributed by atoms with E-state index in [1.807, 2.05) is 6.92 Å². The van der Waals surface area contributed by atoms with Gasteiger partial charge in [-0.3, -0.25) is 0 Å². The Morgan fingerprint density at radius 2 is 2.00 bits per heavy atom. The zero-order valence-corrected chi connectivity index (χ0v) is 12.1. The van der Waals surface area contributed by atoms with E-state index in [0.717, 1.165) is 0 Å². The number of nitrogens with two attached hydrogens (primary N) is 1. The minimum atomic E-state index is -3.55. The number of hydrogen-bond donors (Lipinski definition) is 3. The van der Waals surface area contributed by atoms with Crippen molar-refractivity contribution in [3.63, 3.8) is 0 Å². The molecule has 1 aromatic carbocycles. The molecule has 0 spiro atoms. The number of anilines is 1. The van der Waals surface area contributed by atoms with Crippen molar-refractivity contribution in [3.8, 4) is 0 Å². The third-order valence-electron chi connectivity index (χ3n) is 2.38. The standard InChI is InChI=1S/C12H19N3O4S/c1-2-7-15-20(17,18)11-6-4-3-5-10(11)14-8-9-19-12(13)16/h3-6,14-15H,2,7-9H2,1H3,(H2,13,16). The van der Waals surface area contributed by atoms with Crippen molar-refractivity contribution in [1.29, 1.82) is 0 Å². The Hall–Kier alpha value is -1.80. The molecule has 0 aliphatic rings. The first-order chi connectivity index (χ1) is 9.47. The van der Waals surface area contributed by atoms with Crippen LogP contribution in [0.25, 0.3) is 0 Å². The summed E-state index contributed by atoms with van der Waals surface area (Å²) in [5, 5.41) is 2.90. The lowest BCUT2D eigenvalue weighted by Gasteiger charge is -2.12. The number of hydrogen-bond acceptors (Lipinski definition) is 5.